The fourth-order valence-corrected chi connectivity index (χ4v) is 3.72. The average molecular weight is 335 g/mol. The summed E-state index contributed by atoms with van der Waals surface area (Å²) in [6, 6.07) is 8.51. The lowest BCUT2D eigenvalue weighted by molar-refractivity contribution is 0.289. The number of anilines is 1. The number of nitrogens with zero attached hydrogens (tertiary/aromatic N) is 1. The summed E-state index contributed by atoms with van der Waals surface area (Å²) in [5.74, 6) is 1.65. The summed E-state index contributed by atoms with van der Waals surface area (Å²) in [7, 11) is 0. The largest absolute Gasteiger partial charge is 0.381 e. The van der Waals surface area contributed by atoms with Gasteiger partial charge in [0.15, 0.2) is 0 Å². The Morgan fingerprint density at radius 3 is 2.85 bits per heavy atom. The van der Waals surface area contributed by atoms with Crippen molar-refractivity contribution in [1.29, 1.82) is 5.26 Å². The van der Waals surface area contributed by atoms with Gasteiger partial charge in [-0.3, -0.25) is 0 Å². The lowest BCUT2D eigenvalue weighted by atomic mass is 9.81. The lowest BCUT2D eigenvalue weighted by Crippen LogP contribution is -2.28. The van der Waals surface area contributed by atoms with Crippen molar-refractivity contribution in [3.8, 4) is 6.07 Å². The number of benzene rings is 1. The van der Waals surface area contributed by atoms with Crippen LogP contribution in [0.3, 0.4) is 0 Å². The van der Waals surface area contributed by atoms with Crippen LogP contribution in [-0.4, -0.2) is 6.04 Å². The zero-order valence-electron chi connectivity index (χ0n) is 12.3. The van der Waals surface area contributed by atoms with E-state index in [4.69, 9.17) is 5.26 Å². The van der Waals surface area contributed by atoms with Crippen LogP contribution in [0.2, 0.25) is 0 Å². The van der Waals surface area contributed by atoms with E-state index in [0.29, 0.717) is 11.6 Å². The van der Waals surface area contributed by atoms with Crippen LogP contribution in [0.4, 0.5) is 5.69 Å². The van der Waals surface area contributed by atoms with Crippen molar-refractivity contribution in [2.24, 2.45) is 11.8 Å². The highest BCUT2D eigenvalue weighted by Gasteiger charge is 2.22. The summed E-state index contributed by atoms with van der Waals surface area (Å²) >= 11 is 3.56. The number of halogens is 1. The van der Waals surface area contributed by atoms with Gasteiger partial charge < -0.3 is 5.32 Å². The molecule has 0 aliphatic heterocycles. The van der Waals surface area contributed by atoms with E-state index in [1.807, 2.05) is 18.2 Å². The predicted octanol–water partition coefficient (Wildman–Crippen LogP) is 5.34. The number of nitrogens with one attached hydrogen (secondary N) is 1. The maximum Gasteiger partial charge on any atom is 0.0992 e. The first kappa shape index (κ1) is 15.4. The maximum atomic E-state index is 8.90. The number of nitriles is 1. The normalized spacial score (nSPS) is 22.6. The van der Waals surface area contributed by atoms with Gasteiger partial charge in [-0.15, -0.1) is 0 Å². The van der Waals surface area contributed by atoms with Gasteiger partial charge in [-0.05, 0) is 65.2 Å². The van der Waals surface area contributed by atoms with E-state index >= 15 is 0 Å². The summed E-state index contributed by atoms with van der Waals surface area (Å²) in [5, 5.41) is 12.5. The van der Waals surface area contributed by atoms with Crippen LogP contribution < -0.4 is 5.32 Å². The molecule has 0 radical (unpaired) electrons. The molecule has 2 atom stereocenters. The molecule has 0 saturated heterocycles. The van der Waals surface area contributed by atoms with E-state index in [1.54, 1.807) is 0 Å². The Balaban J connectivity index is 1.97. The van der Waals surface area contributed by atoms with E-state index in [1.165, 1.54) is 32.1 Å². The number of hydrogen-bond acceptors (Lipinski definition) is 2. The van der Waals surface area contributed by atoms with Gasteiger partial charge in [-0.25, -0.2) is 0 Å². The van der Waals surface area contributed by atoms with Crippen LogP contribution in [0.25, 0.3) is 0 Å². The maximum absolute atomic E-state index is 8.90. The van der Waals surface area contributed by atoms with Crippen molar-refractivity contribution < 1.29 is 0 Å². The van der Waals surface area contributed by atoms with Crippen LogP contribution in [0.5, 0.6) is 0 Å². The van der Waals surface area contributed by atoms with Crippen molar-refractivity contribution in [3.63, 3.8) is 0 Å². The molecule has 1 fully saturated rings. The van der Waals surface area contributed by atoms with E-state index < -0.39 is 0 Å². The molecule has 1 saturated carbocycles. The molecule has 1 aromatic rings. The average Bonchev–Trinajstić information content (AvgIpc) is 2.41. The quantitative estimate of drug-likeness (QED) is 0.806. The minimum absolute atomic E-state index is 0.566. The molecule has 2 unspecified atom stereocenters. The van der Waals surface area contributed by atoms with Crippen molar-refractivity contribution in [2.45, 2.75) is 52.0 Å². The van der Waals surface area contributed by atoms with Gasteiger partial charge >= 0.3 is 0 Å². The van der Waals surface area contributed by atoms with Crippen molar-refractivity contribution in [2.75, 3.05) is 5.32 Å². The molecule has 3 heteroatoms. The van der Waals surface area contributed by atoms with Crippen molar-refractivity contribution in [1.82, 2.24) is 0 Å². The smallest absolute Gasteiger partial charge is 0.0992 e. The zero-order chi connectivity index (χ0) is 14.5. The molecule has 0 spiro atoms. The van der Waals surface area contributed by atoms with Gasteiger partial charge in [0.25, 0.3) is 0 Å². The first-order chi connectivity index (χ1) is 9.58. The Morgan fingerprint density at radius 2 is 2.20 bits per heavy atom. The molecule has 0 bridgehead atoms. The fourth-order valence-electron chi connectivity index (χ4n) is 3.22. The second-order valence-electron chi connectivity index (χ2n) is 6.31. The Kier molecular flexibility index (Phi) is 5.48. The molecular weight excluding hydrogens is 312 g/mol. The molecule has 20 heavy (non-hydrogen) atoms. The molecule has 108 valence electrons. The summed E-state index contributed by atoms with van der Waals surface area (Å²) < 4.78 is 0.988. The third kappa shape index (κ3) is 4.24. The minimum atomic E-state index is 0.566. The van der Waals surface area contributed by atoms with Crippen LogP contribution in [0.1, 0.15) is 51.5 Å². The summed E-state index contributed by atoms with van der Waals surface area (Å²) in [5.41, 5.74) is 1.81. The molecule has 1 aromatic carbocycles. The first-order valence-corrected chi connectivity index (χ1v) is 8.34. The Morgan fingerprint density at radius 1 is 1.40 bits per heavy atom. The van der Waals surface area contributed by atoms with Gasteiger partial charge in [0, 0.05) is 16.2 Å². The van der Waals surface area contributed by atoms with E-state index in [-0.39, 0.29) is 0 Å². The highest BCUT2D eigenvalue weighted by Crippen LogP contribution is 2.32. The topological polar surface area (TPSA) is 35.8 Å². The Bertz CT molecular complexity index is 490. The first-order valence-electron chi connectivity index (χ1n) is 7.54. The van der Waals surface area contributed by atoms with Gasteiger partial charge in [-0.2, -0.15) is 5.26 Å². The van der Waals surface area contributed by atoms with E-state index in [0.717, 1.165) is 22.0 Å². The van der Waals surface area contributed by atoms with Crippen molar-refractivity contribution in [3.05, 3.63) is 28.2 Å². The molecule has 1 aliphatic rings. The molecule has 0 amide bonds. The fraction of sp³-hybridized carbons (Fsp3) is 0.588. The number of hydrogen-bond donors (Lipinski definition) is 1. The zero-order valence-corrected chi connectivity index (χ0v) is 13.9. The van der Waals surface area contributed by atoms with Crippen LogP contribution in [-0.2, 0) is 0 Å². The minimum Gasteiger partial charge on any atom is -0.381 e. The van der Waals surface area contributed by atoms with Crippen LogP contribution in [0, 0.1) is 23.2 Å². The molecular formula is C17H23BrN2. The summed E-state index contributed by atoms with van der Waals surface area (Å²) in [4.78, 5) is 0. The van der Waals surface area contributed by atoms with Crippen molar-refractivity contribution >= 4 is 21.6 Å². The SMILES string of the molecule is CC(C)CC1CCCC(Nc2ccc(C#N)cc2Br)C1. The monoisotopic (exact) mass is 334 g/mol. The standard InChI is InChI=1S/C17H23BrN2/c1-12(2)8-13-4-3-5-15(9-13)20-17-7-6-14(11-19)10-16(17)18/h6-7,10,12-13,15,20H,3-5,8-9H2,1-2H3. The van der Waals surface area contributed by atoms with Gasteiger partial charge in [0.05, 0.1) is 11.6 Å². The highest BCUT2D eigenvalue weighted by molar-refractivity contribution is 9.10. The molecule has 2 nitrogen and oxygen atoms in total. The summed E-state index contributed by atoms with van der Waals surface area (Å²) in [6.07, 6.45) is 6.56. The highest BCUT2D eigenvalue weighted by atomic mass is 79.9. The van der Waals surface area contributed by atoms with Gasteiger partial charge in [0.2, 0.25) is 0 Å². The second kappa shape index (κ2) is 7.13. The third-order valence-electron chi connectivity index (χ3n) is 4.05. The second-order valence-corrected chi connectivity index (χ2v) is 7.16. The molecule has 0 heterocycles. The van der Waals surface area contributed by atoms with E-state index in [9.17, 15) is 0 Å². The third-order valence-corrected chi connectivity index (χ3v) is 4.70. The van der Waals surface area contributed by atoms with Crippen LogP contribution in [0.15, 0.2) is 22.7 Å². The lowest BCUT2D eigenvalue weighted by Gasteiger charge is -2.31. The Labute approximate surface area is 130 Å². The van der Waals surface area contributed by atoms with Gasteiger partial charge in [-0.1, -0.05) is 26.7 Å². The molecule has 1 N–H and O–H groups in total. The van der Waals surface area contributed by atoms with E-state index in [2.05, 4.69) is 41.2 Å². The number of rotatable bonds is 4. The predicted molar refractivity (Wildman–Crippen MR) is 87.7 cm³/mol. The molecule has 2 rings (SSSR count). The Hall–Kier alpha value is -1.01. The summed E-state index contributed by atoms with van der Waals surface area (Å²) in [6.45, 7) is 4.63. The van der Waals surface area contributed by atoms with Gasteiger partial charge in [0.1, 0.15) is 0 Å². The molecule has 1 aliphatic carbocycles. The van der Waals surface area contributed by atoms with Crippen LogP contribution >= 0.6 is 15.9 Å². The molecule has 0 aromatic heterocycles.